The number of aromatic nitrogens is 3. The van der Waals surface area contributed by atoms with E-state index in [1.807, 2.05) is 32.9 Å². The molecule has 1 fully saturated rings. The fraction of sp³-hybridized carbons (Fsp3) is 0.564. The van der Waals surface area contributed by atoms with Crippen LogP contribution >= 0.6 is 0 Å². The van der Waals surface area contributed by atoms with Crippen molar-refractivity contribution < 1.29 is 18.7 Å². The zero-order valence-corrected chi connectivity index (χ0v) is 32.9. The summed E-state index contributed by atoms with van der Waals surface area (Å²) in [6.07, 6.45) is 4.48. The molecule has 4 heterocycles. The highest BCUT2D eigenvalue weighted by Crippen LogP contribution is 2.47. The number of likely N-dealkylation sites (N-methyl/N-ethyl adjacent to an activating group) is 1. The fourth-order valence-electron chi connectivity index (χ4n) is 6.26. The van der Waals surface area contributed by atoms with Crippen molar-refractivity contribution in [2.45, 2.75) is 103 Å². The number of carbonyl (C=O) groups is 1. The van der Waals surface area contributed by atoms with Crippen molar-refractivity contribution in [1.29, 1.82) is 5.26 Å². The van der Waals surface area contributed by atoms with Crippen LogP contribution in [0.25, 0.3) is 11.3 Å². The first kappa shape index (κ1) is 36.7. The Bertz CT molecular complexity index is 1860. The number of pyridine rings is 1. The van der Waals surface area contributed by atoms with E-state index >= 15 is 0 Å². The third-order valence-electron chi connectivity index (χ3n) is 10.5. The van der Waals surface area contributed by atoms with E-state index in [2.05, 4.69) is 75.2 Å². The van der Waals surface area contributed by atoms with Crippen LogP contribution in [-0.2, 0) is 27.5 Å². The van der Waals surface area contributed by atoms with Gasteiger partial charge >= 0.3 is 6.09 Å². The number of hydrogen-bond acceptors (Lipinski definition) is 10. The minimum atomic E-state index is -2.15. The standard InChI is InChI=1S/C39H53N7O4Si/c1-37(2,3)50-36(47)46-23-39(7,24-49-51(9,10)38(4,5)6)29-18-26(17-27(20-40)33(29)46)30-13-15-41-35(43-30)44-32-19-28-21-45(8)16-14-31(28)42-34(32)48-22-25-11-12-25/h13,15,17-19,25H,11-12,14,16,21-24H2,1-10H3,(H,41,43,44)/t39-/m1/s1. The third kappa shape index (κ3) is 8.06. The molecule has 1 aliphatic carbocycles. The summed E-state index contributed by atoms with van der Waals surface area (Å²) < 4.78 is 18.9. The van der Waals surface area contributed by atoms with Gasteiger partial charge in [0.15, 0.2) is 8.32 Å². The van der Waals surface area contributed by atoms with E-state index in [-0.39, 0.29) is 5.04 Å². The molecule has 272 valence electrons. The molecule has 1 atom stereocenters. The summed E-state index contributed by atoms with van der Waals surface area (Å²) in [7, 11) is -0.0312. The van der Waals surface area contributed by atoms with Gasteiger partial charge in [0, 0.05) is 49.8 Å². The second-order valence-electron chi connectivity index (χ2n) is 17.3. The first-order valence-electron chi connectivity index (χ1n) is 18.0. The summed E-state index contributed by atoms with van der Waals surface area (Å²) in [5, 5.41) is 13.9. The smallest absolute Gasteiger partial charge is 0.414 e. The lowest BCUT2D eigenvalue weighted by molar-refractivity contribution is 0.0575. The first-order chi connectivity index (χ1) is 23.9. The maximum absolute atomic E-state index is 13.7. The van der Waals surface area contributed by atoms with Crippen molar-refractivity contribution in [3.8, 4) is 23.2 Å². The van der Waals surface area contributed by atoms with E-state index in [4.69, 9.17) is 23.9 Å². The van der Waals surface area contributed by atoms with Gasteiger partial charge in [0.1, 0.15) is 17.4 Å². The first-order valence-corrected chi connectivity index (χ1v) is 20.9. The molecular weight excluding hydrogens is 659 g/mol. The molecule has 0 bridgehead atoms. The average Bonchev–Trinajstić information content (AvgIpc) is 3.83. The zero-order chi connectivity index (χ0) is 36.9. The minimum Gasteiger partial charge on any atom is -0.476 e. The normalized spacial score (nSPS) is 19.3. The maximum Gasteiger partial charge on any atom is 0.414 e. The monoisotopic (exact) mass is 711 g/mol. The van der Waals surface area contributed by atoms with Gasteiger partial charge in [-0.2, -0.15) is 5.26 Å². The number of benzene rings is 1. The number of ether oxygens (including phenoxy) is 2. The number of nitrogens with zero attached hydrogens (tertiary/aromatic N) is 6. The number of amides is 1. The molecule has 2 aliphatic heterocycles. The lowest BCUT2D eigenvalue weighted by atomic mass is 9.83. The third-order valence-corrected chi connectivity index (χ3v) is 15.0. The maximum atomic E-state index is 13.7. The van der Waals surface area contributed by atoms with Gasteiger partial charge in [-0.05, 0) is 100 Å². The molecule has 12 heteroatoms. The zero-order valence-electron chi connectivity index (χ0n) is 31.9. The lowest BCUT2D eigenvalue weighted by Gasteiger charge is -2.39. The largest absolute Gasteiger partial charge is 0.476 e. The summed E-state index contributed by atoms with van der Waals surface area (Å²) in [6.45, 7) is 21.9. The average molecular weight is 712 g/mol. The Balaban J connectivity index is 1.37. The molecule has 51 heavy (non-hydrogen) atoms. The quantitative estimate of drug-likeness (QED) is 0.219. The minimum absolute atomic E-state index is 0.00592. The number of hydrogen-bond donors (Lipinski definition) is 1. The Kier molecular flexibility index (Phi) is 9.72. The van der Waals surface area contributed by atoms with E-state index < -0.39 is 25.4 Å². The van der Waals surface area contributed by atoms with E-state index in [9.17, 15) is 10.1 Å². The summed E-state index contributed by atoms with van der Waals surface area (Å²) in [5.74, 6) is 1.55. The van der Waals surface area contributed by atoms with Crippen LogP contribution in [0.2, 0.25) is 18.1 Å². The molecule has 11 nitrogen and oxygen atoms in total. The van der Waals surface area contributed by atoms with Gasteiger partial charge in [0.05, 0.1) is 29.2 Å². The molecular formula is C39H53N7O4Si. The van der Waals surface area contributed by atoms with Crippen molar-refractivity contribution in [1.82, 2.24) is 19.9 Å². The molecule has 6 rings (SSSR count). The number of nitrogens with one attached hydrogen (secondary N) is 1. The Morgan fingerprint density at radius 1 is 1.14 bits per heavy atom. The van der Waals surface area contributed by atoms with Crippen LogP contribution in [0.1, 0.15) is 83.7 Å². The Morgan fingerprint density at radius 3 is 2.55 bits per heavy atom. The molecule has 0 radical (unpaired) electrons. The molecule has 2 aromatic heterocycles. The predicted octanol–water partition coefficient (Wildman–Crippen LogP) is 7.97. The second kappa shape index (κ2) is 13.5. The highest BCUT2D eigenvalue weighted by atomic mass is 28.4. The fourth-order valence-corrected chi connectivity index (χ4v) is 7.37. The Labute approximate surface area is 303 Å². The van der Waals surface area contributed by atoms with Crippen molar-refractivity contribution in [3.63, 3.8) is 0 Å². The topological polar surface area (TPSA) is 126 Å². The van der Waals surface area contributed by atoms with Gasteiger partial charge in [-0.15, -0.1) is 0 Å². The van der Waals surface area contributed by atoms with Crippen LogP contribution in [0.5, 0.6) is 5.88 Å². The number of rotatable bonds is 9. The Hall–Kier alpha value is -4.05. The predicted molar refractivity (Wildman–Crippen MR) is 202 cm³/mol. The second-order valence-corrected chi connectivity index (χ2v) is 22.1. The summed E-state index contributed by atoms with van der Waals surface area (Å²) in [6, 6.07) is 10.2. The molecule has 1 amide bonds. The highest BCUT2D eigenvalue weighted by molar-refractivity contribution is 6.74. The molecule has 0 unspecified atom stereocenters. The SMILES string of the molecule is CN1CCc2nc(OCC3CC3)c(Nc3nccc(-c4cc(C#N)c5c(c4)[C@@](C)(CO[Si](C)(C)C(C)(C)C)CN5C(=O)OC(C)(C)C)n3)cc2C1. The molecule has 1 saturated carbocycles. The molecule has 3 aliphatic rings. The van der Waals surface area contributed by atoms with Gasteiger partial charge in [-0.1, -0.05) is 27.7 Å². The number of anilines is 3. The van der Waals surface area contributed by atoms with E-state index in [1.165, 1.54) is 12.8 Å². The summed E-state index contributed by atoms with van der Waals surface area (Å²) in [5.41, 5.74) is 4.84. The van der Waals surface area contributed by atoms with Crippen molar-refractivity contribution in [2.24, 2.45) is 5.92 Å². The van der Waals surface area contributed by atoms with Crippen LogP contribution in [0.3, 0.4) is 0 Å². The Morgan fingerprint density at radius 2 is 1.88 bits per heavy atom. The van der Waals surface area contributed by atoms with Gasteiger partial charge < -0.3 is 24.1 Å². The van der Waals surface area contributed by atoms with Crippen LogP contribution in [0, 0.1) is 17.2 Å². The molecule has 3 aromatic rings. The van der Waals surface area contributed by atoms with Crippen molar-refractivity contribution in [3.05, 3.63) is 52.8 Å². The van der Waals surface area contributed by atoms with E-state index in [1.54, 1.807) is 17.2 Å². The number of carbonyl (C=O) groups excluding carboxylic acids is 1. The summed E-state index contributed by atoms with van der Waals surface area (Å²) in [4.78, 5) is 32.0. The number of nitriles is 1. The summed E-state index contributed by atoms with van der Waals surface area (Å²) >= 11 is 0. The van der Waals surface area contributed by atoms with Crippen molar-refractivity contribution >= 4 is 31.7 Å². The van der Waals surface area contributed by atoms with Gasteiger partial charge in [0.25, 0.3) is 0 Å². The molecule has 1 N–H and O–H groups in total. The molecule has 0 spiro atoms. The van der Waals surface area contributed by atoms with Crippen LogP contribution in [0.15, 0.2) is 30.5 Å². The van der Waals surface area contributed by atoms with E-state index in [0.29, 0.717) is 54.4 Å². The van der Waals surface area contributed by atoms with Gasteiger partial charge in [-0.3, -0.25) is 4.90 Å². The molecule has 1 aromatic carbocycles. The van der Waals surface area contributed by atoms with Gasteiger partial charge in [0.2, 0.25) is 11.8 Å². The van der Waals surface area contributed by atoms with Gasteiger partial charge in [-0.25, -0.2) is 19.7 Å². The lowest BCUT2D eigenvalue weighted by Crippen LogP contribution is -2.46. The van der Waals surface area contributed by atoms with Crippen LogP contribution in [-0.4, -0.2) is 73.2 Å². The number of fused-ring (bicyclic) bond motifs is 2. The van der Waals surface area contributed by atoms with E-state index in [0.717, 1.165) is 47.6 Å². The van der Waals surface area contributed by atoms with Crippen LogP contribution < -0.4 is 15.0 Å². The highest BCUT2D eigenvalue weighted by Gasteiger charge is 2.47. The van der Waals surface area contributed by atoms with Crippen LogP contribution in [0.4, 0.5) is 22.1 Å². The molecule has 0 saturated heterocycles. The van der Waals surface area contributed by atoms with Crippen molar-refractivity contribution in [2.75, 3.05) is 43.6 Å².